The van der Waals surface area contributed by atoms with Crippen LogP contribution in [0, 0.1) is 6.92 Å². The molecule has 0 saturated carbocycles. The van der Waals surface area contributed by atoms with E-state index in [1.165, 1.54) is 6.92 Å². The molecule has 1 atom stereocenters. The Hall–Kier alpha value is -1.44. The molecule has 2 heterocycles. The molecule has 1 amide bonds. The molecule has 1 aromatic heterocycles. The highest BCUT2D eigenvalue weighted by Gasteiger charge is 2.23. The molecule has 1 fully saturated rings. The van der Waals surface area contributed by atoms with Gasteiger partial charge in [0.25, 0.3) is 0 Å². The average Bonchev–Trinajstić information content (AvgIpc) is 2.63. The van der Waals surface area contributed by atoms with Crippen molar-refractivity contribution in [1.82, 2.24) is 19.6 Å². The quantitative estimate of drug-likeness (QED) is 0.761. The van der Waals surface area contributed by atoms with Gasteiger partial charge in [0.2, 0.25) is 5.91 Å². The minimum Gasteiger partial charge on any atom is -0.394 e. The van der Waals surface area contributed by atoms with E-state index in [9.17, 15) is 9.90 Å². The summed E-state index contributed by atoms with van der Waals surface area (Å²) in [4.78, 5) is 15.3. The third kappa shape index (κ3) is 4.26. The number of aryl methyl sites for hydroxylation is 1. The zero-order valence-corrected chi connectivity index (χ0v) is 12.7. The van der Waals surface area contributed by atoms with Crippen molar-refractivity contribution in [3.63, 3.8) is 0 Å². The molecule has 7 nitrogen and oxygen atoms in total. The topological polar surface area (TPSA) is 81.8 Å². The Labute approximate surface area is 124 Å². The fraction of sp³-hybridized carbons (Fsp3) is 0.714. The van der Waals surface area contributed by atoms with Crippen molar-refractivity contribution in [3.05, 3.63) is 17.5 Å². The largest absolute Gasteiger partial charge is 0.394 e. The van der Waals surface area contributed by atoms with Gasteiger partial charge in [0, 0.05) is 51.4 Å². The highest BCUT2D eigenvalue weighted by molar-refractivity contribution is 5.73. The number of nitrogens with zero attached hydrogens (tertiary/aromatic N) is 4. The van der Waals surface area contributed by atoms with Gasteiger partial charge in [0.1, 0.15) is 0 Å². The number of hydrogen-bond acceptors (Lipinski definition) is 5. The maximum Gasteiger partial charge on any atom is 0.219 e. The molecular formula is C14H24N4O3. The number of amides is 1. The molecule has 21 heavy (non-hydrogen) atoms. The molecule has 118 valence electrons. The monoisotopic (exact) mass is 296 g/mol. The number of β-amino-alcohol motifs (C(OH)–C–C–N with tert-alkyl or cyclic N) is 1. The molecule has 0 radical (unpaired) electrons. The van der Waals surface area contributed by atoms with E-state index in [1.54, 1.807) is 9.58 Å². The lowest BCUT2D eigenvalue weighted by Crippen LogP contribution is -2.36. The van der Waals surface area contributed by atoms with Crippen LogP contribution in [0.5, 0.6) is 0 Å². The van der Waals surface area contributed by atoms with Gasteiger partial charge in [0.15, 0.2) is 0 Å². The normalized spacial score (nSPS) is 20.6. The first-order chi connectivity index (χ1) is 9.99. The van der Waals surface area contributed by atoms with Crippen LogP contribution in [0.3, 0.4) is 0 Å². The Morgan fingerprint density at radius 2 is 2.19 bits per heavy atom. The van der Waals surface area contributed by atoms with Crippen molar-refractivity contribution < 1.29 is 15.0 Å². The fourth-order valence-corrected chi connectivity index (χ4v) is 2.66. The van der Waals surface area contributed by atoms with Crippen molar-refractivity contribution in [2.24, 2.45) is 0 Å². The molecule has 2 rings (SSSR count). The van der Waals surface area contributed by atoms with E-state index >= 15 is 0 Å². The van der Waals surface area contributed by atoms with E-state index in [0.717, 1.165) is 17.8 Å². The smallest absolute Gasteiger partial charge is 0.219 e. The predicted molar refractivity (Wildman–Crippen MR) is 77.6 cm³/mol. The SMILES string of the molecule is CC(=O)N1CCN(Cc2cn(CCO)nc2C)C[C@H](O)C1. The second-order valence-electron chi connectivity index (χ2n) is 5.58. The number of carbonyl (C=O) groups excluding carboxylic acids is 1. The maximum atomic E-state index is 11.5. The van der Waals surface area contributed by atoms with Crippen LogP contribution in [0.25, 0.3) is 0 Å². The first-order valence-corrected chi connectivity index (χ1v) is 7.29. The highest BCUT2D eigenvalue weighted by atomic mass is 16.3. The van der Waals surface area contributed by atoms with E-state index < -0.39 is 6.10 Å². The molecule has 0 aromatic carbocycles. The van der Waals surface area contributed by atoms with Gasteiger partial charge in [-0.05, 0) is 6.92 Å². The second-order valence-corrected chi connectivity index (χ2v) is 5.58. The zero-order valence-electron chi connectivity index (χ0n) is 12.7. The lowest BCUT2D eigenvalue weighted by Gasteiger charge is -2.20. The molecule has 1 saturated heterocycles. The van der Waals surface area contributed by atoms with Crippen LogP contribution in [0.4, 0.5) is 0 Å². The molecule has 2 N–H and O–H groups in total. The van der Waals surface area contributed by atoms with Crippen molar-refractivity contribution in [2.45, 2.75) is 33.0 Å². The molecule has 0 aliphatic carbocycles. The minimum atomic E-state index is -0.524. The van der Waals surface area contributed by atoms with E-state index in [0.29, 0.717) is 32.7 Å². The predicted octanol–water partition coefficient (Wildman–Crippen LogP) is -0.791. The van der Waals surface area contributed by atoms with Crippen LogP contribution in [-0.4, -0.2) is 74.6 Å². The number of hydrogen-bond donors (Lipinski definition) is 2. The fourth-order valence-electron chi connectivity index (χ4n) is 2.66. The van der Waals surface area contributed by atoms with Gasteiger partial charge < -0.3 is 15.1 Å². The molecule has 0 unspecified atom stereocenters. The number of aliphatic hydroxyl groups excluding tert-OH is 2. The van der Waals surface area contributed by atoms with E-state index in [1.807, 2.05) is 13.1 Å². The van der Waals surface area contributed by atoms with Gasteiger partial charge in [-0.1, -0.05) is 0 Å². The van der Waals surface area contributed by atoms with Gasteiger partial charge in [-0.15, -0.1) is 0 Å². The lowest BCUT2D eigenvalue weighted by molar-refractivity contribution is -0.129. The standard InChI is InChI=1S/C14H24N4O3/c1-11-13(8-18(15-11)5-6-19)7-16-3-4-17(12(2)20)10-14(21)9-16/h8,14,19,21H,3-7,9-10H2,1-2H3/t14-/m0/s1. The first-order valence-electron chi connectivity index (χ1n) is 7.29. The van der Waals surface area contributed by atoms with Gasteiger partial charge in [-0.25, -0.2) is 0 Å². The summed E-state index contributed by atoms with van der Waals surface area (Å²) in [6.07, 6.45) is 1.41. The van der Waals surface area contributed by atoms with E-state index in [-0.39, 0.29) is 12.5 Å². The number of aliphatic hydroxyl groups is 2. The molecule has 7 heteroatoms. The summed E-state index contributed by atoms with van der Waals surface area (Å²) >= 11 is 0. The molecule has 0 bridgehead atoms. The highest BCUT2D eigenvalue weighted by Crippen LogP contribution is 2.12. The minimum absolute atomic E-state index is 0.00264. The molecule has 0 spiro atoms. The molecular weight excluding hydrogens is 272 g/mol. The molecule has 1 aliphatic rings. The Kier molecular flexibility index (Phi) is 5.33. The van der Waals surface area contributed by atoms with Gasteiger partial charge in [0.05, 0.1) is 24.9 Å². The number of aromatic nitrogens is 2. The van der Waals surface area contributed by atoms with Crippen molar-refractivity contribution in [2.75, 3.05) is 32.8 Å². The Balaban J connectivity index is 2.00. The van der Waals surface area contributed by atoms with Crippen LogP contribution in [0.1, 0.15) is 18.2 Å². The zero-order chi connectivity index (χ0) is 15.4. The third-order valence-electron chi connectivity index (χ3n) is 3.80. The van der Waals surface area contributed by atoms with Gasteiger partial charge >= 0.3 is 0 Å². The lowest BCUT2D eigenvalue weighted by atomic mass is 10.2. The van der Waals surface area contributed by atoms with E-state index in [2.05, 4.69) is 10.00 Å². The third-order valence-corrected chi connectivity index (χ3v) is 3.80. The van der Waals surface area contributed by atoms with Crippen LogP contribution >= 0.6 is 0 Å². The van der Waals surface area contributed by atoms with Gasteiger partial charge in [-0.3, -0.25) is 14.4 Å². The Morgan fingerprint density at radius 3 is 2.86 bits per heavy atom. The summed E-state index contributed by atoms with van der Waals surface area (Å²) in [6, 6.07) is 0. The van der Waals surface area contributed by atoms with Crippen LogP contribution in [-0.2, 0) is 17.9 Å². The van der Waals surface area contributed by atoms with Crippen LogP contribution < -0.4 is 0 Å². The average molecular weight is 296 g/mol. The van der Waals surface area contributed by atoms with Gasteiger partial charge in [-0.2, -0.15) is 5.10 Å². The van der Waals surface area contributed by atoms with Crippen molar-refractivity contribution >= 4 is 5.91 Å². The molecule has 1 aliphatic heterocycles. The molecule has 1 aromatic rings. The summed E-state index contributed by atoms with van der Waals surface area (Å²) < 4.78 is 1.74. The maximum absolute atomic E-state index is 11.5. The van der Waals surface area contributed by atoms with Crippen LogP contribution in [0.2, 0.25) is 0 Å². The second kappa shape index (κ2) is 7.02. The van der Waals surface area contributed by atoms with Crippen molar-refractivity contribution in [3.8, 4) is 0 Å². The van der Waals surface area contributed by atoms with Crippen molar-refractivity contribution in [1.29, 1.82) is 0 Å². The Bertz CT molecular complexity index is 489. The summed E-state index contributed by atoms with van der Waals surface area (Å²) in [5, 5.41) is 23.3. The Morgan fingerprint density at radius 1 is 1.43 bits per heavy atom. The summed E-state index contributed by atoms with van der Waals surface area (Å²) in [7, 11) is 0. The summed E-state index contributed by atoms with van der Waals surface area (Å²) in [5.74, 6) is 0.00264. The summed E-state index contributed by atoms with van der Waals surface area (Å²) in [6.45, 7) is 7.05. The summed E-state index contributed by atoms with van der Waals surface area (Å²) in [5.41, 5.74) is 2.03. The van der Waals surface area contributed by atoms with E-state index in [4.69, 9.17) is 5.11 Å². The number of rotatable bonds is 4. The first kappa shape index (κ1) is 15.9. The van der Waals surface area contributed by atoms with Crippen LogP contribution in [0.15, 0.2) is 6.20 Å². The number of carbonyl (C=O) groups is 1.